The number of hydrogen-bond donors (Lipinski definition) is 2. The molecular weight excluding hydrogens is 280 g/mol. The van der Waals surface area contributed by atoms with Gasteiger partial charge in [0.05, 0.1) is 11.7 Å². The van der Waals surface area contributed by atoms with Gasteiger partial charge < -0.3 is 10.4 Å². The maximum Gasteiger partial charge on any atom is 0.110 e. The van der Waals surface area contributed by atoms with Crippen molar-refractivity contribution in [2.75, 3.05) is 13.2 Å². The second-order valence-electron chi connectivity index (χ2n) is 6.91. The van der Waals surface area contributed by atoms with Gasteiger partial charge in [-0.15, -0.1) is 11.3 Å². The summed E-state index contributed by atoms with van der Waals surface area (Å²) in [4.78, 5) is 6.34. The molecule has 1 unspecified atom stereocenters. The summed E-state index contributed by atoms with van der Waals surface area (Å²) >= 11 is 1.91. The second-order valence-corrected chi connectivity index (χ2v) is 8.03. The zero-order valence-electron chi connectivity index (χ0n) is 13.2. The van der Waals surface area contributed by atoms with Gasteiger partial charge in [0.1, 0.15) is 5.01 Å². The van der Waals surface area contributed by atoms with Crippen molar-refractivity contribution in [1.82, 2.24) is 10.3 Å². The second kappa shape index (κ2) is 6.76. The number of nitrogens with one attached hydrogen (secondary N) is 1. The molecule has 3 rings (SSSR count). The van der Waals surface area contributed by atoms with Crippen LogP contribution in [0.5, 0.6) is 0 Å². The van der Waals surface area contributed by atoms with Gasteiger partial charge in [0.15, 0.2) is 0 Å². The number of nitrogens with zero attached hydrogens (tertiary/aromatic N) is 1. The minimum atomic E-state index is 0.321. The van der Waals surface area contributed by atoms with Crippen LogP contribution >= 0.6 is 11.3 Å². The molecular formula is C17H28N2OS. The maximum absolute atomic E-state index is 9.41. The molecule has 1 atom stereocenters. The van der Waals surface area contributed by atoms with E-state index in [0.29, 0.717) is 18.1 Å². The van der Waals surface area contributed by atoms with E-state index in [-0.39, 0.29) is 0 Å². The molecule has 3 nitrogen and oxygen atoms in total. The van der Waals surface area contributed by atoms with Crippen molar-refractivity contribution in [3.05, 3.63) is 15.6 Å². The number of aliphatic hydroxyl groups is 1. The molecule has 1 heterocycles. The van der Waals surface area contributed by atoms with Crippen molar-refractivity contribution in [3.63, 3.8) is 0 Å². The average Bonchev–Trinajstić information content (AvgIpc) is 3.07. The van der Waals surface area contributed by atoms with Crippen LogP contribution in [0.3, 0.4) is 0 Å². The molecule has 0 radical (unpaired) electrons. The van der Waals surface area contributed by atoms with Gasteiger partial charge in [-0.25, -0.2) is 4.98 Å². The van der Waals surface area contributed by atoms with E-state index in [9.17, 15) is 5.11 Å². The van der Waals surface area contributed by atoms with Crippen LogP contribution in [0.25, 0.3) is 0 Å². The summed E-state index contributed by atoms with van der Waals surface area (Å²) in [7, 11) is 0. The first kappa shape index (κ1) is 15.4. The Kier molecular flexibility index (Phi) is 4.97. The van der Waals surface area contributed by atoms with E-state index in [4.69, 9.17) is 4.98 Å². The third kappa shape index (κ3) is 3.49. The first-order valence-corrected chi connectivity index (χ1v) is 9.37. The topological polar surface area (TPSA) is 45.1 Å². The average molecular weight is 308 g/mol. The lowest BCUT2D eigenvalue weighted by Crippen LogP contribution is -2.38. The summed E-state index contributed by atoms with van der Waals surface area (Å²) in [6.07, 6.45) is 11.2. The Labute approximate surface area is 132 Å². The Bertz CT molecular complexity index is 438. The van der Waals surface area contributed by atoms with Gasteiger partial charge in [-0.1, -0.05) is 19.3 Å². The molecule has 0 bridgehead atoms. The highest BCUT2D eigenvalue weighted by atomic mass is 32.1. The van der Waals surface area contributed by atoms with Gasteiger partial charge in [0.2, 0.25) is 0 Å². The van der Waals surface area contributed by atoms with Crippen molar-refractivity contribution in [2.24, 2.45) is 5.41 Å². The highest BCUT2D eigenvalue weighted by molar-refractivity contribution is 7.11. The van der Waals surface area contributed by atoms with Gasteiger partial charge in [0, 0.05) is 18.0 Å². The van der Waals surface area contributed by atoms with Crippen molar-refractivity contribution in [3.8, 4) is 0 Å². The van der Waals surface area contributed by atoms with Crippen LogP contribution in [0, 0.1) is 5.41 Å². The van der Waals surface area contributed by atoms with Gasteiger partial charge in [-0.05, 0) is 50.9 Å². The maximum atomic E-state index is 9.41. The molecule has 0 spiro atoms. The summed E-state index contributed by atoms with van der Waals surface area (Å²) in [5, 5.41) is 14.4. The number of hydrogen-bond acceptors (Lipinski definition) is 4. The molecule has 0 amide bonds. The largest absolute Gasteiger partial charge is 0.396 e. The van der Waals surface area contributed by atoms with E-state index in [1.54, 1.807) is 0 Å². The molecule has 4 heteroatoms. The molecule has 1 aromatic heterocycles. The predicted octanol–water partition coefficient (Wildman–Crippen LogP) is 3.62. The zero-order chi connectivity index (χ0) is 14.7. The van der Waals surface area contributed by atoms with E-state index in [1.165, 1.54) is 66.9 Å². The molecule has 2 N–H and O–H groups in total. The Hall–Kier alpha value is -0.450. The number of aryl methyl sites for hydroxylation is 2. The molecule has 1 saturated carbocycles. The minimum Gasteiger partial charge on any atom is -0.396 e. The number of fused-ring (bicyclic) bond motifs is 1. The lowest BCUT2D eigenvalue weighted by atomic mass is 9.72. The molecule has 0 saturated heterocycles. The Morgan fingerprint density at radius 1 is 1.24 bits per heavy atom. The van der Waals surface area contributed by atoms with Gasteiger partial charge in [-0.2, -0.15) is 0 Å². The summed E-state index contributed by atoms with van der Waals surface area (Å²) < 4.78 is 0. The Morgan fingerprint density at radius 3 is 2.76 bits per heavy atom. The highest BCUT2D eigenvalue weighted by Gasteiger charge is 2.32. The molecule has 2 aliphatic rings. The van der Waals surface area contributed by atoms with Gasteiger partial charge in [0.25, 0.3) is 0 Å². The summed E-state index contributed by atoms with van der Waals surface area (Å²) in [6.45, 7) is 3.59. The fourth-order valence-corrected chi connectivity index (χ4v) is 5.09. The third-order valence-electron chi connectivity index (χ3n) is 5.32. The lowest BCUT2D eigenvalue weighted by Gasteiger charge is -2.38. The molecule has 0 aliphatic heterocycles. The Morgan fingerprint density at radius 2 is 2.05 bits per heavy atom. The van der Waals surface area contributed by atoms with E-state index in [2.05, 4.69) is 12.2 Å². The molecule has 1 fully saturated rings. The van der Waals surface area contributed by atoms with Crippen LogP contribution < -0.4 is 5.32 Å². The van der Waals surface area contributed by atoms with Crippen LogP contribution in [0.2, 0.25) is 0 Å². The van der Waals surface area contributed by atoms with Crippen molar-refractivity contribution < 1.29 is 5.11 Å². The van der Waals surface area contributed by atoms with Crippen LogP contribution in [0.15, 0.2) is 0 Å². The summed E-state index contributed by atoms with van der Waals surface area (Å²) in [5.74, 6) is 0. The number of thiazole rings is 1. The fraction of sp³-hybridized carbons (Fsp3) is 0.824. The summed E-state index contributed by atoms with van der Waals surface area (Å²) in [5.41, 5.74) is 1.67. The van der Waals surface area contributed by atoms with Gasteiger partial charge >= 0.3 is 0 Å². The normalized spacial score (nSPS) is 22.2. The van der Waals surface area contributed by atoms with Crippen molar-refractivity contribution in [1.29, 1.82) is 0 Å². The minimum absolute atomic E-state index is 0.321. The van der Waals surface area contributed by atoms with Crippen molar-refractivity contribution in [2.45, 2.75) is 70.8 Å². The SMILES string of the molecule is CC(NCC1(CCO)CCCCC1)c1nc2c(s1)CCC2. The number of aliphatic hydroxyl groups excluding tert-OH is 1. The lowest BCUT2D eigenvalue weighted by molar-refractivity contribution is 0.123. The third-order valence-corrected chi connectivity index (χ3v) is 6.66. The predicted molar refractivity (Wildman–Crippen MR) is 87.8 cm³/mol. The van der Waals surface area contributed by atoms with E-state index < -0.39 is 0 Å². The van der Waals surface area contributed by atoms with Crippen LogP contribution in [-0.4, -0.2) is 23.2 Å². The monoisotopic (exact) mass is 308 g/mol. The zero-order valence-corrected chi connectivity index (χ0v) is 14.0. The molecule has 1 aromatic rings. The fourth-order valence-electron chi connectivity index (χ4n) is 3.91. The number of rotatable bonds is 6. The standard InChI is InChI=1S/C17H28N2OS/c1-13(16-19-14-6-5-7-15(14)21-16)18-12-17(10-11-20)8-3-2-4-9-17/h13,18,20H,2-12H2,1H3. The molecule has 2 aliphatic carbocycles. The quantitative estimate of drug-likeness (QED) is 0.844. The van der Waals surface area contributed by atoms with Crippen LogP contribution in [0.4, 0.5) is 0 Å². The first-order valence-electron chi connectivity index (χ1n) is 8.55. The Balaban J connectivity index is 1.59. The van der Waals surface area contributed by atoms with Gasteiger partial charge in [-0.3, -0.25) is 0 Å². The van der Waals surface area contributed by atoms with Crippen LogP contribution in [0.1, 0.15) is 73.5 Å². The molecule has 21 heavy (non-hydrogen) atoms. The molecule has 0 aromatic carbocycles. The number of aromatic nitrogens is 1. The van der Waals surface area contributed by atoms with Crippen LogP contribution in [-0.2, 0) is 12.8 Å². The molecule has 118 valence electrons. The smallest absolute Gasteiger partial charge is 0.110 e. The highest BCUT2D eigenvalue weighted by Crippen LogP contribution is 2.39. The van der Waals surface area contributed by atoms with E-state index in [0.717, 1.165) is 13.0 Å². The summed E-state index contributed by atoms with van der Waals surface area (Å²) in [6, 6.07) is 0.345. The first-order chi connectivity index (χ1) is 10.2. The van der Waals surface area contributed by atoms with Crippen molar-refractivity contribution >= 4 is 11.3 Å². The van der Waals surface area contributed by atoms with E-state index >= 15 is 0 Å². The van der Waals surface area contributed by atoms with E-state index in [1.807, 2.05) is 11.3 Å².